The molecule has 1 aromatic heterocycles. The minimum Gasteiger partial charge on any atom is -0.464 e. The average Bonchev–Trinajstić information content (AvgIpc) is 3.39. The van der Waals surface area contributed by atoms with E-state index >= 15 is 0 Å². The minimum absolute atomic E-state index is 0.0312. The molecule has 2 aromatic rings. The fourth-order valence-electron chi connectivity index (χ4n) is 3.62. The molecule has 8 nitrogen and oxygen atoms in total. The van der Waals surface area contributed by atoms with Crippen molar-refractivity contribution in [2.24, 2.45) is 0 Å². The van der Waals surface area contributed by atoms with E-state index < -0.39 is 0 Å². The molecule has 0 saturated carbocycles. The van der Waals surface area contributed by atoms with E-state index in [1.54, 1.807) is 4.90 Å². The van der Waals surface area contributed by atoms with Crippen LogP contribution < -0.4 is 14.8 Å². The Labute approximate surface area is 176 Å². The van der Waals surface area contributed by atoms with Gasteiger partial charge in [0.2, 0.25) is 12.7 Å². The summed E-state index contributed by atoms with van der Waals surface area (Å²) < 4.78 is 21.9. The van der Waals surface area contributed by atoms with Crippen LogP contribution in [0, 0.1) is 6.92 Å². The smallest absolute Gasteiger partial charge is 0.237 e. The van der Waals surface area contributed by atoms with Crippen LogP contribution in [0.1, 0.15) is 17.1 Å². The first-order valence-corrected chi connectivity index (χ1v) is 10.4. The largest absolute Gasteiger partial charge is 0.464 e. The summed E-state index contributed by atoms with van der Waals surface area (Å²) in [5.74, 6) is 3.10. The molecule has 2 aliphatic heterocycles. The highest BCUT2D eigenvalue weighted by Gasteiger charge is 2.19. The number of rotatable bonds is 9. The highest BCUT2D eigenvalue weighted by molar-refractivity contribution is 5.78. The summed E-state index contributed by atoms with van der Waals surface area (Å²) in [6, 6.07) is 9.62. The maximum absolute atomic E-state index is 13.0. The number of morpholine rings is 1. The second-order valence-corrected chi connectivity index (χ2v) is 7.58. The number of carbonyl (C=O) groups excluding carboxylic acids is 1. The first-order chi connectivity index (χ1) is 14.7. The first kappa shape index (κ1) is 20.7. The third-order valence-corrected chi connectivity index (χ3v) is 5.29. The van der Waals surface area contributed by atoms with Gasteiger partial charge in [0.15, 0.2) is 11.5 Å². The minimum atomic E-state index is 0.0312. The van der Waals surface area contributed by atoms with E-state index in [0.29, 0.717) is 13.1 Å². The van der Waals surface area contributed by atoms with Gasteiger partial charge in [-0.05, 0) is 36.8 Å². The van der Waals surface area contributed by atoms with Gasteiger partial charge in [0.25, 0.3) is 0 Å². The van der Waals surface area contributed by atoms with Gasteiger partial charge in [-0.1, -0.05) is 6.07 Å². The third kappa shape index (κ3) is 5.53. The van der Waals surface area contributed by atoms with Crippen molar-refractivity contribution >= 4 is 5.91 Å². The van der Waals surface area contributed by atoms with Gasteiger partial charge in [-0.15, -0.1) is 0 Å². The number of nitrogens with zero attached hydrogens (tertiary/aromatic N) is 2. The zero-order valence-corrected chi connectivity index (χ0v) is 17.4. The predicted molar refractivity (Wildman–Crippen MR) is 110 cm³/mol. The Balaban J connectivity index is 1.34. The topological polar surface area (TPSA) is 76.4 Å². The Morgan fingerprint density at radius 2 is 1.93 bits per heavy atom. The summed E-state index contributed by atoms with van der Waals surface area (Å²) in [6.07, 6.45) is 0. The van der Waals surface area contributed by atoms with E-state index in [2.05, 4.69) is 10.2 Å². The second kappa shape index (κ2) is 9.97. The zero-order valence-electron chi connectivity index (χ0n) is 17.4. The molecular weight excluding hydrogens is 386 g/mol. The van der Waals surface area contributed by atoms with Crippen molar-refractivity contribution in [2.45, 2.75) is 20.0 Å². The fraction of sp³-hybridized carbons (Fsp3) is 0.500. The molecule has 0 spiro atoms. The van der Waals surface area contributed by atoms with E-state index in [-0.39, 0.29) is 19.2 Å². The number of hydrogen-bond acceptors (Lipinski definition) is 7. The van der Waals surface area contributed by atoms with Crippen molar-refractivity contribution < 1.29 is 23.4 Å². The maximum Gasteiger partial charge on any atom is 0.237 e. The molecule has 0 aliphatic carbocycles. The predicted octanol–water partition coefficient (Wildman–Crippen LogP) is 1.77. The summed E-state index contributed by atoms with van der Waals surface area (Å²) in [6.45, 7) is 8.46. The van der Waals surface area contributed by atoms with Crippen molar-refractivity contribution in [3.8, 4) is 11.5 Å². The van der Waals surface area contributed by atoms with Gasteiger partial charge >= 0.3 is 0 Å². The van der Waals surface area contributed by atoms with Crippen LogP contribution in [0.25, 0.3) is 0 Å². The van der Waals surface area contributed by atoms with Crippen LogP contribution in [-0.2, 0) is 22.6 Å². The molecule has 3 heterocycles. The molecule has 1 saturated heterocycles. The van der Waals surface area contributed by atoms with Crippen LogP contribution in [0.4, 0.5) is 0 Å². The van der Waals surface area contributed by atoms with Crippen molar-refractivity contribution in [3.63, 3.8) is 0 Å². The number of furan rings is 1. The molecule has 1 amide bonds. The number of hydrogen-bond donors (Lipinski definition) is 1. The lowest BCUT2D eigenvalue weighted by atomic mass is 10.2. The third-order valence-electron chi connectivity index (χ3n) is 5.29. The normalized spacial score (nSPS) is 16.0. The van der Waals surface area contributed by atoms with Crippen molar-refractivity contribution in [1.82, 2.24) is 15.1 Å². The molecule has 4 rings (SSSR count). The Kier molecular flexibility index (Phi) is 6.88. The number of amides is 1. The van der Waals surface area contributed by atoms with Crippen LogP contribution in [0.5, 0.6) is 11.5 Å². The first-order valence-electron chi connectivity index (χ1n) is 10.4. The van der Waals surface area contributed by atoms with Gasteiger partial charge in [-0.25, -0.2) is 0 Å². The number of ether oxygens (including phenoxy) is 3. The highest BCUT2D eigenvalue weighted by atomic mass is 16.7. The lowest BCUT2D eigenvalue weighted by Gasteiger charge is -2.27. The number of carbonyl (C=O) groups is 1. The van der Waals surface area contributed by atoms with Gasteiger partial charge < -0.3 is 28.8 Å². The Hall–Kier alpha value is -2.55. The van der Waals surface area contributed by atoms with Crippen molar-refractivity contribution in [2.75, 3.05) is 52.7 Å². The SMILES string of the molecule is Cc1ccc(CN(Cc2ccc3c(c2)OCO3)C(=O)CNCCN2CCOCC2)o1. The molecule has 1 N–H and O–H groups in total. The second-order valence-electron chi connectivity index (χ2n) is 7.58. The van der Waals surface area contributed by atoms with Crippen molar-refractivity contribution in [3.05, 3.63) is 47.4 Å². The molecular formula is C22H29N3O5. The molecule has 1 aromatic carbocycles. The fourth-order valence-corrected chi connectivity index (χ4v) is 3.62. The highest BCUT2D eigenvalue weighted by Crippen LogP contribution is 2.33. The number of nitrogens with one attached hydrogen (secondary N) is 1. The van der Waals surface area contributed by atoms with Crippen LogP contribution in [0.3, 0.4) is 0 Å². The van der Waals surface area contributed by atoms with Gasteiger partial charge in [-0.2, -0.15) is 0 Å². The van der Waals surface area contributed by atoms with E-state index in [1.807, 2.05) is 37.3 Å². The molecule has 162 valence electrons. The van der Waals surface area contributed by atoms with Crippen LogP contribution in [0.15, 0.2) is 34.7 Å². The summed E-state index contributed by atoms with van der Waals surface area (Å²) >= 11 is 0. The van der Waals surface area contributed by atoms with E-state index in [4.69, 9.17) is 18.6 Å². The van der Waals surface area contributed by atoms with Gasteiger partial charge in [0.05, 0.1) is 26.3 Å². The van der Waals surface area contributed by atoms with Gasteiger partial charge in [0, 0.05) is 32.7 Å². The number of aryl methyl sites for hydroxylation is 1. The average molecular weight is 415 g/mol. The molecule has 1 fully saturated rings. The van der Waals surface area contributed by atoms with Crippen LogP contribution in [0.2, 0.25) is 0 Å². The quantitative estimate of drug-likeness (QED) is 0.626. The van der Waals surface area contributed by atoms with E-state index in [1.165, 1.54) is 0 Å². The molecule has 0 bridgehead atoms. The number of benzene rings is 1. The van der Waals surface area contributed by atoms with E-state index in [0.717, 1.165) is 68.0 Å². The van der Waals surface area contributed by atoms with E-state index in [9.17, 15) is 4.79 Å². The lowest BCUT2D eigenvalue weighted by Crippen LogP contribution is -2.43. The Bertz CT molecular complexity index is 847. The lowest BCUT2D eigenvalue weighted by molar-refractivity contribution is -0.131. The summed E-state index contributed by atoms with van der Waals surface area (Å²) in [4.78, 5) is 17.1. The maximum atomic E-state index is 13.0. The molecule has 8 heteroatoms. The molecule has 2 aliphatic rings. The monoisotopic (exact) mass is 415 g/mol. The standard InChI is InChI=1S/C22H29N3O5/c1-17-2-4-19(30-17)15-25(14-18-3-5-20-21(12-18)29-16-28-20)22(26)13-23-6-7-24-8-10-27-11-9-24/h2-5,12,23H,6-11,13-16H2,1H3. The van der Waals surface area contributed by atoms with Crippen molar-refractivity contribution in [1.29, 1.82) is 0 Å². The molecule has 30 heavy (non-hydrogen) atoms. The zero-order chi connectivity index (χ0) is 20.8. The summed E-state index contributed by atoms with van der Waals surface area (Å²) in [5, 5.41) is 3.28. The Morgan fingerprint density at radius 3 is 2.73 bits per heavy atom. The molecule has 0 radical (unpaired) electrons. The number of fused-ring (bicyclic) bond motifs is 1. The van der Waals surface area contributed by atoms with Crippen LogP contribution in [-0.4, -0.2) is 68.4 Å². The summed E-state index contributed by atoms with van der Waals surface area (Å²) in [5.41, 5.74) is 0.990. The molecule has 0 atom stereocenters. The van der Waals surface area contributed by atoms with Crippen LogP contribution >= 0.6 is 0 Å². The van der Waals surface area contributed by atoms with Gasteiger partial charge in [-0.3, -0.25) is 9.69 Å². The van der Waals surface area contributed by atoms with Gasteiger partial charge in [0.1, 0.15) is 11.5 Å². The molecule has 0 unspecified atom stereocenters. The Morgan fingerprint density at radius 1 is 1.10 bits per heavy atom. The summed E-state index contributed by atoms with van der Waals surface area (Å²) in [7, 11) is 0.